The van der Waals surface area contributed by atoms with Crippen molar-refractivity contribution in [3.63, 3.8) is 0 Å². The van der Waals surface area contributed by atoms with E-state index in [0.717, 1.165) is 26.6 Å². The van der Waals surface area contributed by atoms with Gasteiger partial charge in [0.1, 0.15) is 5.75 Å². The second kappa shape index (κ2) is 6.21. The van der Waals surface area contributed by atoms with Crippen LogP contribution in [-0.4, -0.2) is 26.9 Å². The van der Waals surface area contributed by atoms with Gasteiger partial charge in [-0.25, -0.2) is 9.97 Å². The van der Waals surface area contributed by atoms with Crippen molar-refractivity contribution in [1.29, 1.82) is 0 Å². The van der Waals surface area contributed by atoms with E-state index < -0.39 is 0 Å². The van der Waals surface area contributed by atoms with Gasteiger partial charge in [0.25, 0.3) is 0 Å². The highest BCUT2D eigenvalue weighted by molar-refractivity contribution is 7.22. The van der Waals surface area contributed by atoms with Gasteiger partial charge in [-0.05, 0) is 25.1 Å². The first-order valence-electron chi connectivity index (χ1n) is 7.45. The molecule has 0 aliphatic rings. The number of nitrogens with zero attached hydrogens (tertiary/aromatic N) is 3. The van der Waals surface area contributed by atoms with Gasteiger partial charge in [0.15, 0.2) is 10.1 Å². The molecule has 6 nitrogen and oxygen atoms in total. The van der Waals surface area contributed by atoms with Gasteiger partial charge in [-0.3, -0.25) is 9.20 Å². The highest BCUT2D eigenvalue weighted by Crippen LogP contribution is 2.29. The van der Waals surface area contributed by atoms with Crippen molar-refractivity contribution in [1.82, 2.24) is 14.4 Å². The van der Waals surface area contributed by atoms with E-state index in [-0.39, 0.29) is 12.3 Å². The quantitative estimate of drug-likeness (QED) is 0.592. The predicted octanol–water partition coefficient (Wildman–Crippen LogP) is 3.59. The van der Waals surface area contributed by atoms with Crippen LogP contribution >= 0.6 is 22.7 Å². The molecular weight excluding hydrogens is 344 g/mol. The molecule has 122 valence electrons. The van der Waals surface area contributed by atoms with E-state index in [4.69, 9.17) is 4.74 Å². The van der Waals surface area contributed by atoms with Crippen molar-refractivity contribution in [3.8, 4) is 5.75 Å². The molecule has 0 aliphatic heterocycles. The lowest BCUT2D eigenvalue weighted by atomic mass is 10.3. The zero-order valence-electron chi connectivity index (χ0n) is 12.9. The Morgan fingerprint density at radius 1 is 1.38 bits per heavy atom. The van der Waals surface area contributed by atoms with Crippen LogP contribution in [0.15, 0.2) is 36.0 Å². The Labute approximate surface area is 145 Å². The molecule has 24 heavy (non-hydrogen) atoms. The Bertz CT molecular complexity index is 989. The van der Waals surface area contributed by atoms with Crippen LogP contribution in [0.25, 0.3) is 15.2 Å². The Kier molecular flexibility index (Phi) is 3.91. The number of nitrogens with one attached hydrogen (secondary N) is 1. The minimum atomic E-state index is -0.121. The number of anilines is 1. The average molecular weight is 358 g/mol. The summed E-state index contributed by atoms with van der Waals surface area (Å²) in [5, 5.41) is 5.40. The maximum Gasteiger partial charge on any atom is 0.232 e. The molecule has 0 saturated heterocycles. The second-order valence-electron chi connectivity index (χ2n) is 5.13. The van der Waals surface area contributed by atoms with Crippen molar-refractivity contribution in [2.24, 2.45) is 0 Å². The van der Waals surface area contributed by atoms with Gasteiger partial charge in [-0.2, -0.15) is 0 Å². The third kappa shape index (κ3) is 2.98. The molecule has 0 saturated carbocycles. The van der Waals surface area contributed by atoms with Gasteiger partial charge in [-0.15, -0.1) is 11.3 Å². The smallest absolute Gasteiger partial charge is 0.232 e. The molecule has 0 spiro atoms. The Morgan fingerprint density at radius 3 is 3.12 bits per heavy atom. The lowest BCUT2D eigenvalue weighted by molar-refractivity contribution is -0.115. The Balaban J connectivity index is 1.48. The standard InChI is InChI=1S/C16H14N4O2S2/c1-2-22-11-3-4-12-13(8-11)24-15(18-12)19-14(21)7-10-9-20-5-6-23-16(20)17-10/h3-6,8-9H,2,7H2,1H3,(H,18,19,21). The normalized spacial score (nSPS) is 11.2. The van der Waals surface area contributed by atoms with E-state index in [0.29, 0.717) is 11.7 Å². The summed E-state index contributed by atoms with van der Waals surface area (Å²) in [6.45, 7) is 2.57. The first kappa shape index (κ1) is 15.1. The van der Waals surface area contributed by atoms with Gasteiger partial charge < -0.3 is 10.1 Å². The summed E-state index contributed by atoms with van der Waals surface area (Å²) in [6.07, 6.45) is 4.03. The van der Waals surface area contributed by atoms with Crippen molar-refractivity contribution >= 4 is 48.9 Å². The molecule has 0 radical (unpaired) electrons. The van der Waals surface area contributed by atoms with Crippen LogP contribution in [0.4, 0.5) is 5.13 Å². The zero-order chi connectivity index (χ0) is 16.5. The van der Waals surface area contributed by atoms with Crippen molar-refractivity contribution in [2.45, 2.75) is 13.3 Å². The van der Waals surface area contributed by atoms with E-state index in [9.17, 15) is 4.79 Å². The second-order valence-corrected chi connectivity index (χ2v) is 7.04. The van der Waals surface area contributed by atoms with Crippen molar-refractivity contribution in [3.05, 3.63) is 41.7 Å². The maximum atomic E-state index is 12.2. The number of amides is 1. The van der Waals surface area contributed by atoms with E-state index in [1.165, 1.54) is 11.3 Å². The van der Waals surface area contributed by atoms with Gasteiger partial charge in [0.2, 0.25) is 5.91 Å². The van der Waals surface area contributed by atoms with Crippen LogP contribution in [0, 0.1) is 0 Å². The minimum absolute atomic E-state index is 0.121. The van der Waals surface area contributed by atoms with E-state index in [1.54, 1.807) is 11.3 Å². The average Bonchev–Trinajstić information content (AvgIpc) is 3.20. The number of carbonyl (C=O) groups excluding carboxylic acids is 1. The third-order valence-electron chi connectivity index (χ3n) is 3.40. The number of ether oxygens (including phenoxy) is 1. The summed E-state index contributed by atoms with van der Waals surface area (Å²) in [5.74, 6) is 0.689. The maximum absolute atomic E-state index is 12.2. The molecular formula is C16H14N4O2S2. The van der Waals surface area contributed by atoms with Crippen LogP contribution in [0.3, 0.4) is 0 Å². The fourth-order valence-electron chi connectivity index (χ4n) is 2.40. The van der Waals surface area contributed by atoms with Crippen molar-refractivity contribution < 1.29 is 9.53 Å². The lowest BCUT2D eigenvalue weighted by Gasteiger charge is -2.00. The number of hydrogen-bond donors (Lipinski definition) is 1. The van der Waals surface area contributed by atoms with Gasteiger partial charge in [0.05, 0.1) is 28.9 Å². The molecule has 0 bridgehead atoms. The number of aromatic nitrogens is 3. The van der Waals surface area contributed by atoms with E-state index in [2.05, 4.69) is 15.3 Å². The molecule has 8 heteroatoms. The number of imidazole rings is 1. The molecule has 0 atom stereocenters. The SMILES string of the molecule is CCOc1ccc2nc(NC(=O)Cc3cn4ccsc4n3)sc2c1. The van der Waals surface area contributed by atoms with Gasteiger partial charge in [-0.1, -0.05) is 11.3 Å². The summed E-state index contributed by atoms with van der Waals surface area (Å²) in [7, 11) is 0. The molecule has 0 aliphatic carbocycles. The van der Waals surface area contributed by atoms with Crippen molar-refractivity contribution in [2.75, 3.05) is 11.9 Å². The predicted molar refractivity (Wildman–Crippen MR) is 96.2 cm³/mol. The Morgan fingerprint density at radius 2 is 2.29 bits per heavy atom. The number of benzene rings is 1. The molecule has 4 rings (SSSR count). The fourth-order valence-corrected chi connectivity index (χ4v) is 4.03. The van der Waals surface area contributed by atoms with Crippen LogP contribution in [0.2, 0.25) is 0 Å². The Hall–Kier alpha value is -2.45. The van der Waals surface area contributed by atoms with Crippen LogP contribution in [0.5, 0.6) is 5.75 Å². The van der Waals surface area contributed by atoms with Crippen LogP contribution < -0.4 is 10.1 Å². The van der Waals surface area contributed by atoms with E-state index >= 15 is 0 Å². The fraction of sp³-hybridized carbons (Fsp3) is 0.188. The topological polar surface area (TPSA) is 68.5 Å². The number of carbonyl (C=O) groups is 1. The molecule has 4 aromatic rings. The largest absolute Gasteiger partial charge is 0.494 e. The molecule has 0 unspecified atom stereocenters. The zero-order valence-corrected chi connectivity index (χ0v) is 14.5. The molecule has 3 aromatic heterocycles. The summed E-state index contributed by atoms with van der Waals surface area (Å²) in [4.78, 5) is 22.0. The number of thiazole rings is 2. The number of rotatable bonds is 5. The van der Waals surface area contributed by atoms with Gasteiger partial charge >= 0.3 is 0 Å². The molecule has 1 aromatic carbocycles. The summed E-state index contributed by atoms with van der Waals surface area (Å²) in [5.41, 5.74) is 1.60. The molecule has 3 heterocycles. The third-order valence-corrected chi connectivity index (χ3v) is 5.11. The first-order chi connectivity index (χ1) is 11.7. The van der Waals surface area contributed by atoms with Crippen LogP contribution in [0.1, 0.15) is 12.6 Å². The lowest BCUT2D eigenvalue weighted by Crippen LogP contribution is -2.14. The number of fused-ring (bicyclic) bond motifs is 2. The van der Waals surface area contributed by atoms with Crippen LogP contribution in [-0.2, 0) is 11.2 Å². The highest BCUT2D eigenvalue weighted by atomic mass is 32.1. The van der Waals surface area contributed by atoms with E-state index in [1.807, 2.05) is 47.3 Å². The first-order valence-corrected chi connectivity index (χ1v) is 9.15. The molecule has 1 amide bonds. The summed E-state index contributed by atoms with van der Waals surface area (Å²) >= 11 is 2.98. The highest BCUT2D eigenvalue weighted by Gasteiger charge is 2.11. The number of hydrogen-bond acceptors (Lipinski definition) is 6. The molecule has 0 fully saturated rings. The summed E-state index contributed by atoms with van der Waals surface area (Å²) < 4.78 is 8.39. The minimum Gasteiger partial charge on any atom is -0.494 e. The summed E-state index contributed by atoms with van der Waals surface area (Å²) in [6, 6.07) is 5.72. The monoisotopic (exact) mass is 358 g/mol. The van der Waals surface area contributed by atoms with Gasteiger partial charge in [0, 0.05) is 17.8 Å². The molecule has 1 N–H and O–H groups in total.